The van der Waals surface area contributed by atoms with Gasteiger partial charge in [-0.15, -0.1) is 0 Å². The first-order valence-corrected chi connectivity index (χ1v) is 12.0. The molecule has 14 heteroatoms. The van der Waals surface area contributed by atoms with Crippen LogP contribution in [0.25, 0.3) is 10.8 Å². The van der Waals surface area contributed by atoms with Crippen molar-refractivity contribution in [3.63, 3.8) is 0 Å². The van der Waals surface area contributed by atoms with Crippen molar-refractivity contribution in [1.82, 2.24) is 0 Å². The number of anilines is 1. The quantitative estimate of drug-likeness (QED) is 0.270. The van der Waals surface area contributed by atoms with Gasteiger partial charge in [0.25, 0.3) is 30.4 Å². The Morgan fingerprint density at radius 1 is 0.633 bits per heavy atom. The molecule has 3 rings (SSSR count). The maximum Gasteiger partial charge on any atom is 0.295 e. The monoisotopic (exact) mass is 477 g/mol. The first-order chi connectivity index (χ1) is 13.6. The molecule has 0 fully saturated rings. The van der Waals surface area contributed by atoms with E-state index in [4.69, 9.17) is 19.4 Å². The molecule has 0 heterocycles. The molecule has 0 amide bonds. The van der Waals surface area contributed by atoms with Gasteiger partial charge in [0.1, 0.15) is 10.6 Å². The van der Waals surface area contributed by atoms with Crippen molar-refractivity contribution in [1.29, 1.82) is 0 Å². The van der Waals surface area contributed by atoms with Gasteiger partial charge in [0, 0.05) is 16.5 Å². The van der Waals surface area contributed by atoms with Crippen molar-refractivity contribution >= 4 is 46.8 Å². The molecule has 0 bridgehead atoms. The van der Waals surface area contributed by atoms with Crippen molar-refractivity contribution in [3.8, 4) is 5.75 Å². The van der Waals surface area contributed by atoms with Gasteiger partial charge in [-0.1, -0.05) is 12.1 Å². The van der Waals surface area contributed by atoms with Gasteiger partial charge in [-0.3, -0.25) is 13.7 Å². The second kappa shape index (κ2) is 8.17. The molecule has 0 spiro atoms. The zero-order valence-electron chi connectivity index (χ0n) is 14.7. The molecular weight excluding hydrogens is 462 g/mol. The van der Waals surface area contributed by atoms with Crippen LogP contribution in [0.3, 0.4) is 0 Å². The molecule has 0 unspecified atom stereocenters. The molecule has 30 heavy (non-hydrogen) atoms. The van der Waals surface area contributed by atoms with Crippen molar-refractivity contribution in [3.05, 3.63) is 54.6 Å². The van der Waals surface area contributed by atoms with Gasteiger partial charge in [-0.25, -0.2) is 0 Å². The lowest BCUT2D eigenvalue weighted by atomic mass is 10.1. The Bertz CT molecular complexity index is 1430. The molecule has 11 nitrogen and oxygen atoms in total. The van der Waals surface area contributed by atoms with E-state index in [1.165, 1.54) is 24.3 Å². The van der Waals surface area contributed by atoms with Crippen LogP contribution in [0.2, 0.25) is 0 Å². The third-order valence-corrected chi connectivity index (χ3v) is 6.27. The van der Waals surface area contributed by atoms with E-state index in [9.17, 15) is 30.4 Å². The standard InChI is InChI=1S/C10H8O7S2.C6H7NO3S/c11-9-3-4-10(19(15,16)17)7-2-1-6(5-8(7)9)18(12,13)14;7-5-2-1-3-6(4-5)11(8,9)10/h1-5,11H,(H,12,13,14)(H,15,16,17);1-4H,7H2,(H,8,9,10). The second-order valence-electron chi connectivity index (χ2n) is 5.79. The second-order valence-corrected chi connectivity index (χ2v) is 10.0. The average molecular weight is 477 g/mol. The smallest absolute Gasteiger partial charge is 0.295 e. The predicted octanol–water partition coefficient (Wildman–Crippen LogP) is 1.55. The molecule has 6 N–H and O–H groups in total. The SMILES string of the molecule is Nc1cccc(S(=O)(=O)O)c1.O=S(=O)(O)c1ccc2c(S(=O)(=O)O)ccc(O)c2c1. The largest absolute Gasteiger partial charge is 0.507 e. The molecule has 0 aliphatic carbocycles. The van der Waals surface area contributed by atoms with E-state index in [0.29, 0.717) is 5.69 Å². The Kier molecular flexibility index (Phi) is 6.41. The fraction of sp³-hybridized carbons (Fsp3) is 0. The number of aromatic hydroxyl groups is 1. The van der Waals surface area contributed by atoms with E-state index in [1.807, 2.05) is 0 Å². The van der Waals surface area contributed by atoms with E-state index in [2.05, 4.69) is 0 Å². The fourth-order valence-electron chi connectivity index (χ4n) is 2.34. The highest BCUT2D eigenvalue weighted by Crippen LogP contribution is 2.32. The molecule has 0 radical (unpaired) electrons. The Balaban J connectivity index is 0.000000248. The first-order valence-electron chi connectivity index (χ1n) is 7.64. The first kappa shape index (κ1) is 23.5. The molecular formula is C16H15NO10S3. The summed E-state index contributed by atoms with van der Waals surface area (Å²) in [5.41, 5.74) is 5.59. The van der Waals surface area contributed by atoms with Crippen LogP contribution in [0.15, 0.2) is 69.3 Å². The number of benzene rings is 3. The number of hydrogen-bond donors (Lipinski definition) is 5. The summed E-state index contributed by atoms with van der Waals surface area (Å²) in [4.78, 5) is -1.15. The highest BCUT2D eigenvalue weighted by Gasteiger charge is 2.18. The van der Waals surface area contributed by atoms with Crippen LogP contribution in [-0.4, -0.2) is 44.0 Å². The number of fused-ring (bicyclic) bond motifs is 1. The lowest BCUT2D eigenvalue weighted by molar-refractivity contribution is 0.478. The molecule has 0 atom stereocenters. The molecule has 3 aromatic rings. The highest BCUT2D eigenvalue weighted by molar-refractivity contribution is 7.86. The summed E-state index contributed by atoms with van der Waals surface area (Å²) in [6.07, 6.45) is 0. The van der Waals surface area contributed by atoms with Gasteiger partial charge in [-0.05, 0) is 42.5 Å². The summed E-state index contributed by atoms with van der Waals surface area (Å²) >= 11 is 0. The third-order valence-electron chi connectivity index (χ3n) is 3.66. The Hall–Kier alpha value is -2.75. The molecule has 162 valence electrons. The van der Waals surface area contributed by atoms with Crippen molar-refractivity contribution in [2.75, 3.05) is 5.73 Å². The molecule has 0 saturated heterocycles. The Morgan fingerprint density at radius 3 is 1.67 bits per heavy atom. The normalized spacial score (nSPS) is 12.2. The fourth-order valence-corrected chi connectivity index (χ4v) is 4.08. The Morgan fingerprint density at radius 2 is 1.20 bits per heavy atom. The maximum atomic E-state index is 11.1. The number of nitrogens with two attached hydrogens (primary N) is 1. The molecule has 0 aliphatic rings. The van der Waals surface area contributed by atoms with Gasteiger partial charge in [0.05, 0.1) is 9.79 Å². The molecule has 0 aromatic heterocycles. The van der Waals surface area contributed by atoms with E-state index >= 15 is 0 Å². The van der Waals surface area contributed by atoms with Crippen molar-refractivity contribution < 1.29 is 44.0 Å². The van der Waals surface area contributed by atoms with Gasteiger partial charge < -0.3 is 10.8 Å². The zero-order valence-corrected chi connectivity index (χ0v) is 17.2. The van der Waals surface area contributed by atoms with Crippen molar-refractivity contribution in [2.24, 2.45) is 0 Å². The number of phenols is 1. The number of rotatable bonds is 3. The number of phenolic OH excluding ortho intramolecular Hbond substituents is 1. The summed E-state index contributed by atoms with van der Waals surface area (Å²) in [5, 5.41) is 9.42. The summed E-state index contributed by atoms with van der Waals surface area (Å²) in [6.45, 7) is 0. The minimum Gasteiger partial charge on any atom is -0.507 e. The van der Waals surface area contributed by atoms with Crippen LogP contribution in [0, 0.1) is 0 Å². The van der Waals surface area contributed by atoms with E-state index in [1.54, 1.807) is 0 Å². The van der Waals surface area contributed by atoms with Gasteiger partial charge in [0.2, 0.25) is 0 Å². The van der Waals surface area contributed by atoms with Gasteiger partial charge >= 0.3 is 0 Å². The third kappa shape index (κ3) is 5.65. The predicted molar refractivity (Wildman–Crippen MR) is 106 cm³/mol. The summed E-state index contributed by atoms with van der Waals surface area (Å²) in [5.74, 6) is -0.382. The minimum absolute atomic E-state index is 0.0603. The zero-order chi connectivity index (χ0) is 22.9. The van der Waals surface area contributed by atoms with Crippen LogP contribution in [-0.2, 0) is 30.4 Å². The van der Waals surface area contributed by atoms with Crippen molar-refractivity contribution in [2.45, 2.75) is 14.7 Å². The highest BCUT2D eigenvalue weighted by atomic mass is 32.2. The van der Waals surface area contributed by atoms with Crippen LogP contribution < -0.4 is 5.73 Å². The Labute approximate surface area is 171 Å². The summed E-state index contributed by atoms with van der Waals surface area (Å²) < 4.78 is 91.7. The summed E-state index contributed by atoms with van der Waals surface area (Å²) in [6, 6.07) is 10.4. The average Bonchev–Trinajstić information content (AvgIpc) is 2.60. The lowest BCUT2D eigenvalue weighted by Gasteiger charge is -2.07. The lowest BCUT2D eigenvalue weighted by Crippen LogP contribution is -2.01. The maximum absolute atomic E-state index is 11.1. The number of nitrogen functional groups attached to an aromatic ring is 1. The van der Waals surface area contributed by atoms with Crippen LogP contribution in [0.4, 0.5) is 5.69 Å². The van der Waals surface area contributed by atoms with Gasteiger partial charge in [0.15, 0.2) is 0 Å². The van der Waals surface area contributed by atoms with E-state index in [-0.39, 0.29) is 21.4 Å². The van der Waals surface area contributed by atoms with E-state index in [0.717, 1.165) is 30.3 Å². The molecule has 3 aromatic carbocycles. The summed E-state index contributed by atoms with van der Waals surface area (Å²) in [7, 11) is -13.1. The van der Waals surface area contributed by atoms with Crippen LogP contribution in [0.5, 0.6) is 5.75 Å². The van der Waals surface area contributed by atoms with Crippen LogP contribution in [0.1, 0.15) is 0 Å². The topological polar surface area (TPSA) is 209 Å². The van der Waals surface area contributed by atoms with E-state index < -0.39 is 40.1 Å². The van der Waals surface area contributed by atoms with Gasteiger partial charge in [-0.2, -0.15) is 25.3 Å². The number of hydrogen-bond acceptors (Lipinski definition) is 8. The minimum atomic E-state index is -4.52. The molecule has 0 aliphatic heterocycles. The molecule has 0 saturated carbocycles. The van der Waals surface area contributed by atoms with Crippen LogP contribution >= 0.6 is 0 Å².